The Balaban J connectivity index is 4.91. The van der Waals surface area contributed by atoms with Crippen LogP contribution in [0.1, 0.15) is 41.0 Å². The van der Waals surface area contributed by atoms with Crippen LogP contribution in [0.5, 0.6) is 0 Å². The Labute approximate surface area is 88.4 Å². The Bertz CT molecular complexity index is 263. The first kappa shape index (κ1) is 13.0. The van der Waals surface area contributed by atoms with E-state index in [9.17, 15) is 0 Å². The Kier molecular flexibility index (Phi) is 5.29. The Morgan fingerprint density at radius 2 is 1.86 bits per heavy atom. The van der Waals surface area contributed by atoms with Crippen LogP contribution >= 0.6 is 0 Å². The summed E-state index contributed by atoms with van der Waals surface area (Å²) in [6, 6.07) is 0. The lowest BCUT2D eigenvalue weighted by Gasteiger charge is -2.13. The number of hydrogen-bond acceptors (Lipinski definition) is 1. The zero-order valence-corrected chi connectivity index (χ0v) is 10.1. The first-order chi connectivity index (χ1) is 6.40. The Morgan fingerprint density at radius 1 is 1.36 bits per heavy atom. The molecule has 0 saturated heterocycles. The van der Waals surface area contributed by atoms with Crippen LogP contribution < -0.4 is 5.73 Å². The minimum absolute atomic E-state index is 0.507. The fraction of sp³-hybridized carbons (Fsp3) is 0.538. The standard InChI is InChI=1S/C13H23N/c1-7-13(11(5)9(2)3)8-10(4)12(6)14/h8-9H,5,7,14H2,1-4,6H3/b12-10+,13-8+. The first-order valence-electron chi connectivity index (χ1n) is 5.22. The molecule has 0 aromatic heterocycles. The van der Waals surface area contributed by atoms with Crippen LogP contribution in [0.2, 0.25) is 0 Å². The number of nitrogens with two attached hydrogens (primary N) is 1. The van der Waals surface area contributed by atoms with Crippen LogP contribution in [-0.2, 0) is 0 Å². The van der Waals surface area contributed by atoms with E-state index < -0.39 is 0 Å². The van der Waals surface area contributed by atoms with E-state index in [2.05, 4.69) is 33.4 Å². The maximum Gasteiger partial charge on any atom is 0.00786 e. The third-order valence-corrected chi connectivity index (χ3v) is 2.50. The molecule has 1 nitrogen and oxygen atoms in total. The lowest BCUT2D eigenvalue weighted by Crippen LogP contribution is -1.99. The SMILES string of the molecule is C=C(/C(=C/C(C)=C(\C)N)CC)C(C)C. The number of rotatable bonds is 4. The van der Waals surface area contributed by atoms with E-state index in [1.807, 2.05) is 13.8 Å². The van der Waals surface area contributed by atoms with Gasteiger partial charge in [0.15, 0.2) is 0 Å². The van der Waals surface area contributed by atoms with Gasteiger partial charge in [-0.3, -0.25) is 0 Å². The van der Waals surface area contributed by atoms with Gasteiger partial charge >= 0.3 is 0 Å². The largest absolute Gasteiger partial charge is 0.402 e. The molecule has 14 heavy (non-hydrogen) atoms. The lowest BCUT2D eigenvalue weighted by atomic mass is 9.93. The molecule has 0 aliphatic heterocycles. The van der Waals surface area contributed by atoms with Crippen molar-refractivity contribution < 1.29 is 0 Å². The summed E-state index contributed by atoms with van der Waals surface area (Å²) in [5.41, 5.74) is 10.3. The van der Waals surface area contributed by atoms with Crippen molar-refractivity contribution in [1.82, 2.24) is 0 Å². The van der Waals surface area contributed by atoms with Gasteiger partial charge in [-0.25, -0.2) is 0 Å². The van der Waals surface area contributed by atoms with E-state index >= 15 is 0 Å². The monoisotopic (exact) mass is 193 g/mol. The maximum atomic E-state index is 5.72. The van der Waals surface area contributed by atoms with Gasteiger partial charge in [-0.05, 0) is 42.9 Å². The molecule has 0 aliphatic carbocycles. The van der Waals surface area contributed by atoms with Crippen molar-refractivity contribution in [2.24, 2.45) is 11.7 Å². The summed E-state index contributed by atoms with van der Waals surface area (Å²) in [5.74, 6) is 0.507. The van der Waals surface area contributed by atoms with Crippen LogP contribution in [0.3, 0.4) is 0 Å². The van der Waals surface area contributed by atoms with Gasteiger partial charge in [-0.2, -0.15) is 0 Å². The van der Waals surface area contributed by atoms with Gasteiger partial charge in [0, 0.05) is 5.70 Å². The molecule has 0 spiro atoms. The smallest absolute Gasteiger partial charge is 0.00786 e. The van der Waals surface area contributed by atoms with Crippen LogP contribution in [0.25, 0.3) is 0 Å². The second kappa shape index (κ2) is 5.69. The zero-order valence-electron chi connectivity index (χ0n) is 10.1. The summed E-state index contributed by atoms with van der Waals surface area (Å²) in [4.78, 5) is 0. The molecule has 1 heteroatoms. The van der Waals surface area contributed by atoms with E-state index in [0.717, 1.165) is 17.7 Å². The zero-order chi connectivity index (χ0) is 11.3. The van der Waals surface area contributed by atoms with Gasteiger partial charge in [-0.15, -0.1) is 0 Å². The van der Waals surface area contributed by atoms with E-state index in [0.29, 0.717) is 5.92 Å². The summed E-state index contributed by atoms with van der Waals surface area (Å²) in [6.07, 6.45) is 3.17. The average molecular weight is 193 g/mol. The first-order valence-corrected chi connectivity index (χ1v) is 5.22. The Morgan fingerprint density at radius 3 is 2.14 bits per heavy atom. The topological polar surface area (TPSA) is 26.0 Å². The molecular formula is C13H23N. The van der Waals surface area contributed by atoms with Crippen molar-refractivity contribution in [3.05, 3.63) is 35.1 Å². The highest BCUT2D eigenvalue weighted by Crippen LogP contribution is 2.21. The summed E-state index contributed by atoms with van der Waals surface area (Å²) in [6.45, 7) is 14.6. The minimum atomic E-state index is 0.507. The molecular weight excluding hydrogens is 170 g/mol. The van der Waals surface area contributed by atoms with Crippen molar-refractivity contribution in [2.45, 2.75) is 41.0 Å². The van der Waals surface area contributed by atoms with Crippen LogP contribution in [0.15, 0.2) is 35.1 Å². The highest BCUT2D eigenvalue weighted by atomic mass is 14.6. The molecule has 80 valence electrons. The third-order valence-electron chi connectivity index (χ3n) is 2.50. The summed E-state index contributed by atoms with van der Waals surface area (Å²) >= 11 is 0. The molecule has 0 saturated carbocycles. The number of hydrogen-bond donors (Lipinski definition) is 1. The normalized spacial score (nSPS) is 14.3. The van der Waals surface area contributed by atoms with Gasteiger partial charge in [0.1, 0.15) is 0 Å². The van der Waals surface area contributed by atoms with Gasteiger partial charge in [0.2, 0.25) is 0 Å². The molecule has 0 bridgehead atoms. The van der Waals surface area contributed by atoms with Gasteiger partial charge in [0.25, 0.3) is 0 Å². The molecule has 0 radical (unpaired) electrons. The van der Waals surface area contributed by atoms with Crippen LogP contribution in [0.4, 0.5) is 0 Å². The molecule has 0 fully saturated rings. The third kappa shape index (κ3) is 3.82. The van der Waals surface area contributed by atoms with Gasteiger partial charge in [0.05, 0.1) is 0 Å². The molecule has 0 amide bonds. The predicted octanol–water partition coefficient (Wildman–Crippen LogP) is 3.79. The maximum absolute atomic E-state index is 5.72. The van der Waals surface area contributed by atoms with E-state index in [4.69, 9.17) is 5.73 Å². The van der Waals surface area contributed by atoms with Crippen molar-refractivity contribution >= 4 is 0 Å². The quantitative estimate of drug-likeness (QED) is 0.675. The van der Waals surface area contributed by atoms with Crippen molar-refractivity contribution in [1.29, 1.82) is 0 Å². The second-order valence-corrected chi connectivity index (χ2v) is 4.07. The molecule has 0 aliphatic rings. The van der Waals surface area contributed by atoms with E-state index in [1.54, 1.807) is 0 Å². The van der Waals surface area contributed by atoms with E-state index in [1.165, 1.54) is 11.1 Å². The fourth-order valence-corrected chi connectivity index (χ4v) is 1.17. The molecule has 0 atom stereocenters. The molecule has 0 heterocycles. The highest BCUT2D eigenvalue weighted by Gasteiger charge is 2.05. The lowest BCUT2D eigenvalue weighted by molar-refractivity contribution is 0.770. The predicted molar refractivity (Wildman–Crippen MR) is 64.9 cm³/mol. The molecule has 0 rings (SSSR count). The highest BCUT2D eigenvalue weighted by molar-refractivity contribution is 5.36. The molecule has 0 aromatic rings. The summed E-state index contributed by atoms with van der Waals surface area (Å²) in [5, 5.41) is 0. The fourth-order valence-electron chi connectivity index (χ4n) is 1.17. The minimum Gasteiger partial charge on any atom is -0.402 e. The summed E-state index contributed by atoms with van der Waals surface area (Å²) < 4.78 is 0. The second-order valence-electron chi connectivity index (χ2n) is 4.07. The van der Waals surface area contributed by atoms with Crippen LogP contribution in [-0.4, -0.2) is 0 Å². The van der Waals surface area contributed by atoms with Crippen molar-refractivity contribution in [3.8, 4) is 0 Å². The molecule has 2 N–H and O–H groups in total. The molecule has 0 aromatic carbocycles. The van der Waals surface area contributed by atoms with Gasteiger partial charge in [-0.1, -0.05) is 33.4 Å². The summed E-state index contributed by atoms with van der Waals surface area (Å²) in [7, 11) is 0. The average Bonchev–Trinajstić information content (AvgIpc) is 2.12. The molecule has 0 unspecified atom stereocenters. The Hall–Kier alpha value is -0.980. The van der Waals surface area contributed by atoms with E-state index in [-0.39, 0.29) is 0 Å². The van der Waals surface area contributed by atoms with Crippen molar-refractivity contribution in [3.63, 3.8) is 0 Å². The van der Waals surface area contributed by atoms with Crippen molar-refractivity contribution in [2.75, 3.05) is 0 Å². The number of allylic oxidation sites excluding steroid dienone is 5. The van der Waals surface area contributed by atoms with Gasteiger partial charge < -0.3 is 5.73 Å². The van der Waals surface area contributed by atoms with Crippen LogP contribution in [0, 0.1) is 5.92 Å².